The van der Waals surface area contributed by atoms with Crippen molar-refractivity contribution >= 4 is 17.1 Å². The normalized spacial score (nSPS) is 16.7. The Hall–Kier alpha value is -2.86. The zero-order valence-corrected chi connectivity index (χ0v) is 14.2. The van der Waals surface area contributed by atoms with Crippen molar-refractivity contribution in [3.05, 3.63) is 60.0 Å². The highest BCUT2D eigenvalue weighted by Crippen LogP contribution is 2.22. The lowest BCUT2D eigenvalue weighted by Gasteiger charge is -2.14. The van der Waals surface area contributed by atoms with E-state index in [9.17, 15) is 4.79 Å². The van der Waals surface area contributed by atoms with Gasteiger partial charge in [0.15, 0.2) is 12.2 Å². The Labute approximate surface area is 150 Å². The van der Waals surface area contributed by atoms with E-state index in [4.69, 9.17) is 18.6 Å². The molecule has 0 amide bonds. The van der Waals surface area contributed by atoms with E-state index < -0.39 is 5.97 Å². The third-order valence-corrected chi connectivity index (χ3v) is 4.22. The van der Waals surface area contributed by atoms with E-state index in [0.29, 0.717) is 29.4 Å². The van der Waals surface area contributed by atoms with Gasteiger partial charge in [-0.05, 0) is 37.1 Å². The van der Waals surface area contributed by atoms with Gasteiger partial charge in [-0.1, -0.05) is 24.3 Å². The first-order valence-electron chi connectivity index (χ1n) is 8.64. The van der Waals surface area contributed by atoms with Crippen molar-refractivity contribution in [2.45, 2.75) is 25.6 Å². The molecule has 1 fully saturated rings. The number of hydrogen-bond donors (Lipinski definition) is 0. The van der Waals surface area contributed by atoms with Gasteiger partial charge < -0.3 is 18.6 Å². The fourth-order valence-electron chi connectivity index (χ4n) is 2.91. The number of aromatic nitrogens is 1. The molecule has 1 atom stereocenters. The van der Waals surface area contributed by atoms with Crippen LogP contribution in [-0.4, -0.2) is 30.3 Å². The van der Waals surface area contributed by atoms with Crippen LogP contribution in [0.15, 0.2) is 52.9 Å². The summed E-state index contributed by atoms with van der Waals surface area (Å²) in [4.78, 5) is 16.7. The zero-order valence-electron chi connectivity index (χ0n) is 14.2. The molecule has 0 radical (unpaired) electrons. The molecule has 6 heteroatoms. The van der Waals surface area contributed by atoms with E-state index in [-0.39, 0.29) is 12.7 Å². The van der Waals surface area contributed by atoms with Crippen molar-refractivity contribution in [2.75, 3.05) is 13.2 Å². The number of carbonyl (C=O) groups excluding carboxylic acids is 1. The lowest BCUT2D eigenvalue weighted by molar-refractivity contribution is 0.0424. The molecule has 0 N–H and O–H groups in total. The van der Waals surface area contributed by atoms with E-state index >= 15 is 0 Å². The number of benzene rings is 2. The number of oxazole rings is 1. The van der Waals surface area contributed by atoms with Crippen molar-refractivity contribution in [3.63, 3.8) is 0 Å². The van der Waals surface area contributed by atoms with Crippen LogP contribution >= 0.6 is 0 Å². The number of ether oxygens (including phenoxy) is 3. The quantitative estimate of drug-likeness (QED) is 0.629. The summed E-state index contributed by atoms with van der Waals surface area (Å²) in [5.41, 5.74) is 1.78. The van der Waals surface area contributed by atoms with Crippen LogP contribution in [-0.2, 0) is 16.1 Å². The van der Waals surface area contributed by atoms with E-state index in [1.54, 1.807) is 18.2 Å². The molecule has 3 aromatic rings. The van der Waals surface area contributed by atoms with Crippen LogP contribution in [0, 0.1) is 0 Å². The smallest absolute Gasteiger partial charge is 0.342 e. The summed E-state index contributed by atoms with van der Waals surface area (Å²) in [6.07, 6.45) is 2.10. The highest BCUT2D eigenvalue weighted by Gasteiger charge is 2.19. The highest BCUT2D eigenvalue weighted by atomic mass is 16.6. The first kappa shape index (κ1) is 16.6. The molecule has 1 aliphatic heterocycles. The predicted molar refractivity (Wildman–Crippen MR) is 94.0 cm³/mol. The lowest BCUT2D eigenvalue weighted by Crippen LogP contribution is -2.17. The van der Waals surface area contributed by atoms with Crippen molar-refractivity contribution in [3.8, 4) is 5.75 Å². The minimum Gasteiger partial charge on any atom is -0.490 e. The lowest BCUT2D eigenvalue weighted by atomic mass is 10.2. The molecule has 2 aromatic carbocycles. The molecule has 0 spiro atoms. The van der Waals surface area contributed by atoms with E-state index in [0.717, 1.165) is 25.0 Å². The van der Waals surface area contributed by atoms with Gasteiger partial charge in [-0.2, -0.15) is 0 Å². The maximum atomic E-state index is 12.4. The van der Waals surface area contributed by atoms with Crippen LogP contribution in [0.2, 0.25) is 0 Å². The number of carbonyl (C=O) groups is 1. The standard InChI is InChI=1S/C20H19NO5/c22-20(25-13-19-21-16-8-2-4-10-18(16)26-19)15-7-1-3-9-17(15)24-12-14-6-5-11-23-14/h1-4,7-10,14H,5-6,11-13H2. The number of rotatable bonds is 6. The van der Waals surface area contributed by atoms with Crippen LogP contribution < -0.4 is 4.74 Å². The van der Waals surface area contributed by atoms with Crippen LogP contribution in [0.1, 0.15) is 29.1 Å². The SMILES string of the molecule is O=C(OCc1nc2ccccc2o1)c1ccccc1OCC1CCCO1. The van der Waals surface area contributed by atoms with Gasteiger partial charge in [0.05, 0.1) is 6.10 Å². The highest BCUT2D eigenvalue weighted by molar-refractivity contribution is 5.92. The fraction of sp³-hybridized carbons (Fsp3) is 0.300. The van der Waals surface area contributed by atoms with Crippen LogP contribution in [0.5, 0.6) is 5.75 Å². The Balaban J connectivity index is 1.40. The summed E-state index contributed by atoms with van der Waals surface area (Å²) in [6.45, 7) is 1.16. The number of nitrogens with zero attached hydrogens (tertiary/aromatic N) is 1. The zero-order chi connectivity index (χ0) is 17.8. The van der Waals surface area contributed by atoms with Gasteiger partial charge in [-0.25, -0.2) is 9.78 Å². The maximum Gasteiger partial charge on any atom is 0.342 e. The summed E-state index contributed by atoms with van der Waals surface area (Å²) in [5, 5.41) is 0. The van der Waals surface area contributed by atoms with Crippen molar-refractivity contribution in [2.24, 2.45) is 0 Å². The first-order chi connectivity index (χ1) is 12.8. The van der Waals surface area contributed by atoms with Gasteiger partial charge in [-0.3, -0.25) is 0 Å². The topological polar surface area (TPSA) is 70.8 Å². The van der Waals surface area contributed by atoms with Crippen LogP contribution in [0.3, 0.4) is 0 Å². The summed E-state index contributed by atoms with van der Waals surface area (Å²) in [5.74, 6) is 0.373. The first-order valence-corrected chi connectivity index (χ1v) is 8.64. The molecule has 1 unspecified atom stereocenters. The Morgan fingerprint density at radius 3 is 2.85 bits per heavy atom. The Morgan fingerprint density at radius 1 is 1.15 bits per heavy atom. The Kier molecular flexibility index (Phi) is 4.84. The second-order valence-corrected chi connectivity index (χ2v) is 6.09. The number of para-hydroxylation sites is 3. The third-order valence-electron chi connectivity index (χ3n) is 4.22. The molecular formula is C20H19NO5. The maximum absolute atomic E-state index is 12.4. The molecule has 2 heterocycles. The number of fused-ring (bicyclic) bond motifs is 1. The molecule has 0 aliphatic carbocycles. The van der Waals surface area contributed by atoms with Crippen molar-refractivity contribution in [1.29, 1.82) is 0 Å². The van der Waals surface area contributed by atoms with E-state index in [1.807, 2.05) is 30.3 Å². The summed E-state index contributed by atoms with van der Waals surface area (Å²) < 4.78 is 22.2. The Morgan fingerprint density at radius 2 is 2.00 bits per heavy atom. The molecule has 26 heavy (non-hydrogen) atoms. The second-order valence-electron chi connectivity index (χ2n) is 6.09. The fourth-order valence-corrected chi connectivity index (χ4v) is 2.91. The summed E-state index contributed by atoms with van der Waals surface area (Å²) in [6, 6.07) is 14.4. The van der Waals surface area contributed by atoms with Crippen molar-refractivity contribution in [1.82, 2.24) is 4.98 Å². The van der Waals surface area contributed by atoms with Crippen molar-refractivity contribution < 1.29 is 23.4 Å². The van der Waals surface area contributed by atoms with Gasteiger partial charge in [0.1, 0.15) is 23.4 Å². The summed E-state index contributed by atoms with van der Waals surface area (Å²) >= 11 is 0. The van der Waals surface area contributed by atoms with Crippen LogP contribution in [0.4, 0.5) is 0 Å². The second kappa shape index (κ2) is 7.58. The average molecular weight is 353 g/mol. The average Bonchev–Trinajstić information content (AvgIpc) is 3.33. The van der Waals surface area contributed by atoms with Gasteiger partial charge in [0.25, 0.3) is 0 Å². The van der Waals surface area contributed by atoms with Gasteiger partial charge in [0, 0.05) is 6.61 Å². The molecule has 0 bridgehead atoms. The number of esters is 1. The monoisotopic (exact) mass is 353 g/mol. The minimum absolute atomic E-state index is 0.0341. The molecule has 6 nitrogen and oxygen atoms in total. The van der Waals surface area contributed by atoms with Crippen LogP contribution in [0.25, 0.3) is 11.1 Å². The molecule has 134 valence electrons. The molecule has 1 aliphatic rings. The summed E-state index contributed by atoms with van der Waals surface area (Å²) in [7, 11) is 0. The van der Waals surface area contributed by atoms with E-state index in [1.165, 1.54) is 0 Å². The Bertz CT molecular complexity index is 865. The van der Waals surface area contributed by atoms with Gasteiger partial charge in [0.2, 0.25) is 5.89 Å². The predicted octanol–water partition coefficient (Wildman–Crippen LogP) is 3.74. The van der Waals surface area contributed by atoms with E-state index in [2.05, 4.69) is 4.98 Å². The van der Waals surface area contributed by atoms with Gasteiger partial charge >= 0.3 is 5.97 Å². The molecule has 0 saturated carbocycles. The number of hydrogen-bond acceptors (Lipinski definition) is 6. The molecule has 1 saturated heterocycles. The third kappa shape index (κ3) is 3.70. The largest absolute Gasteiger partial charge is 0.490 e. The van der Waals surface area contributed by atoms with Gasteiger partial charge in [-0.15, -0.1) is 0 Å². The molecular weight excluding hydrogens is 334 g/mol. The molecule has 4 rings (SSSR count). The molecule has 1 aromatic heterocycles. The minimum atomic E-state index is -0.477.